The average Bonchev–Trinajstić information content (AvgIpc) is 2.76. The molecule has 1 aromatic carbocycles. The predicted octanol–water partition coefficient (Wildman–Crippen LogP) is 1.07. The van der Waals surface area contributed by atoms with Gasteiger partial charge in [0.2, 0.25) is 5.95 Å². The fourth-order valence-electron chi connectivity index (χ4n) is 2.10. The third-order valence-corrected chi connectivity index (χ3v) is 2.96. The molecule has 0 aliphatic rings. The predicted molar refractivity (Wildman–Crippen MR) is 75.3 cm³/mol. The number of benzene rings is 1. The normalized spacial score (nSPS) is 10.6. The lowest BCUT2D eigenvalue weighted by molar-refractivity contribution is 0.780. The average molecular weight is 265 g/mol. The van der Waals surface area contributed by atoms with Crippen molar-refractivity contribution < 1.29 is 0 Å². The summed E-state index contributed by atoms with van der Waals surface area (Å²) in [6, 6.07) is 7.62. The van der Waals surface area contributed by atoms with Gasteiger partial charge in [0, 0.05) is 24.2 Å². The van der Waals surface area contributed by atoms with E-state index in [1.54, 1.807) is 4.68 Å². The Bertz CT molecular complexity index is 857. The number of aromatic nitrogens is 4. The first-order valence-corrected chi connectivity index (χ1v) is 5.85. The second-order valence-electron chi connectivity index (χ2n) is 4.38. The quantitative estimate of drug-likeness (QED) is 0.679. The molecule has 0 spiro atoms. The number of nitriles is 1. The standard InChI is InChI=1S/C13H11N7/c1-20-6-8-3-2-7(4-10(8)19-20)11-9(5-14)12(15)18-13(16)17-11/h2-4,6H,1H3,(H4,15,16,17,18). The molecule has 0 aliphatic carbocycles. The molecule has 20 heavy (non-hydrogen) atoms. The Labute approximate surface area is 114 Å². The molecule has 98 valence electrons. The first-order valence-electron chi connectivity index (χ1n) is 5.85. The van der Waals surface area contributed by atoms with Crippen LogP contribution in [0.5, 0.6) is 0 Å². The molecule has 0 radical (unpaired) electrons. The van der Waals surface area contributed by atoms with Gasteiger partial charge in [-0.1, -0.05) is 12.1 Å². The maximum Gasteiger partial charge on any atom is 0.222 e. The highest BCUT2D eigenvalue weighted by molar-refractivity contribution is 5.85. The highest BCUT2D eigenvalue weighted by Gasteiger charge is 2.14. The molecule has 0 aliphatic heterocycles. The number of anilines is 2. The van der Waals surface area contributed by atoms with Gasteiger partial charge in [-0.2, -0.15) is 15.3 Å². The Morgan fingerprint density at radius 1 is 1.25 bits per heavy atom. The van der Waals surface area contributed by atoms with E-state index in [1.165, 1.54) is 0 Å². The van der Waals surface area contributed by atoms with Crippen LogP contribution in [0.25, 0.3) is 22.2 Å². The van der Waals surface area contributed by atoms with Crippen molar-refractivity contribution in [1.82, 2.24) is 19.7 Å². The van der Waals surface area contributed by atoms with Crippen LogP contribution in [0.1, 0.15) is 5.56 Å². The molecule has 7 nitrogen and oxygen atoms in total. The summed E-state index contributed by atoms with van der Waals surface area (Å²) < 4.78 is 1.72. The molecular weight excluding hydrogens is 254 g/mol. The first kappa shape index (κ1) is 11.9. The van der Waals surface area contributed by atoms with E-state index in [1.807, 2.05) is 37.5 Å². The molecule has 7 heteroatoms. The summed E-state index contributed by atoms with van der Waals surface area (Å²) in [4.78, 5) is 7.92. The number of hydrogen-bond acceptors (Lipinski definition) is 6. The molecule has 0 saturated carbocycles. The lowest BCUT2D eigenvalue weighted by Gasteiger charge is -2.06. The van der Waals surface area contributed by atoms with E-state index in [9.17, 15) is 5.26 Å². The maximum atomic E-state index is 9.20. The van der Waals surface area contributed by atoms with Crippen LogP contribution in [0.3, 0.4) is 0 Å². The van der Waals surface area contributed by atoms with Gasteiger partial charge in [0.1, 0.15) is 17.5 Å². The Morgan fingerprint density at radius 2 is 2.05 bits per heavy atom. The topological polar surface area (TPSA) is 119 Å². The molecule has 3 rings (SSSR count). The van der Waals surface area contributed by atoms with E-state index in [-0.39, 0.29) is 17.3 Å². The van der Waals surface area contributed by atoms with Crippen molar-refractivity contribution in [3.05, 3.63) is 30.0 Å². The zero-order valence-electron chi connectivity index (χ0n) is 10.7. The number of hydrogen-bond donors (Lipinski definition) is 2. The van der Waals surface area contributed by atoms with Crippen molar-refractivity contribution in [2.45, 2.75) is 0 Å². The number of fused-ring (bicyclic) bond motifs is 1. The van der Waals surface area contributed by atoms with E-state index < -0.39 is 0 Å². The van der Waals surface area contributed by atoms with E-state index in [0.29, 0.717) is 5.69 Å². The fraction of sp³-hybridized carbons (Fsp3) is 0.0769. The van der Waals surface area contributed by atoms with Gasteiger partial charge in [-0.3, -0.25) is 4.68 Å². The van der Waals surface area contributed by atoms with Gasteiger partial charge < -0.3 is 11.5 Å². The van der Waals surface area contributed by atoms with Crippen molar-refractivity contribution in [1.29, 1.82) is 5.26 Å². The van der Waals surface area contributed by atoms with Gasteiger partial charge in [-0.05, 0) is 6.07 Å². The van der Waals surface area contributed by atoms with Crippen molar-refractivity contribution in [3.8, 4) is 17.3 Å². The number of rotatable bonds is 1. The molecular formula is C13H11N7. The molecule has 0 saturated heterocycles. The number of aryl methyl sites for hydroxylation is 1. The van der Waals surface area contributed by atoms with E-state index in [4.69, 9.17) is 11.5 Å². The van der Waals surface area contributed by atoms with Crippen molar-refractivity contribution >= 4 is 22.7 Å². The monoisotopic (exact) mass is 265 g/mol. The summed E-state index contributed by atoms with van der Waals surface area (Å²) >= 11 is 0. The lowest BCUT2D eigenvalue weighted by atomic mass is 10.1. The number of nitrogens with two attached hydrogens (primary N) is 2. The largest absolute Gasteiger partial charge is 0.382 e. The van der Waals surface area contributed by atoms with Crippen LogP contribution in [-0.4, -0.2) is 19.7 Å². The molecule has 2 heterocycles. The van der Waals surface area contributed by atoms with Crippen LogP contribution in [0.15, 0.2) is 24.4 Å². The SMILES string of the molecule is Cn1cc2ccc(-c3nc(N)nc(N)c3C#N)cc2n1. The van der Waals surface area contributed by atoms with Crippen LogP contribution in [0, 0.1) is 11.3 Å². The van der Waals surface area contributed by atoms with Crippen LogP contribution >= 0.6 is 0 Å². The summed E-state index contributed by atoms with van der Waals surface area (Å²) in [5.41, 5.74) is 13.5. The molecule has 0 atom stereocenters. The van der Waals surface area contributed by atoms with Crippen LogP contribution in [0.4, 0.5) is 11.8 Å². The van der Waals surface area contributed by atoms with Crippen molar-refractivity contribution in [2.24, 2.45) is 7.05 Å². The molecule has 0 amide bonds. The zero-order chi connectivity index (χ0) is 14.3. The van der Waals surface area contributed by atoms with Crippen LogP contribution < -0.4 is 11.5 Å². The minimum Gasteiger partial charge on any atom is -0.382 e. The van der Waals surface area contributed by atoms with Gasteiger partial charge in [-0.15, -0.1) is 0 Å². The Morgan fingerprint density at radius 3 is 2.80 bits per heavy atom. The fourth-order valence-corrected chi connectivity index (χ4v) is 2.10. The molecule has 4 N–H and O–H groups in total. The highest BCUT2D eigenvalue weighted by atomic mass is 15.2. The molecule has 3 aromatic rings. The number of nitrogens with zero attached hydrogens (tertiary/aromatic N) is 5. The highest BCUT2D eigenvalue weighted by Crippen LogP contribution is 2.27. The second-order valence-corrected chi connectivity index (χ2v) is 4.38. The molecule has 0 unspecified atom stereocenters. The molecule has 2 aromatic heterocycles. The minimum atomic E-state index is 0.0395. The zero-order valence-corrected chi connectivity index (χ0v) is 10.7. The van der Waals surface area contributed by atoms with E-state index in [2.05, 4.69) is 15.1 Å². The van der Waals surface area contributed by atoms with Crippen LogP contribution in [-0.2, 0) is 7.05 Å². The van der Waals surface area contributed by atoms with Crippen molar-refractivity contribution in [3.63, 3.8) is 0 Å². The second kappa shape index (κ2) is 4.20. The Balaban J connectivity index is 2.27. The third kappa shape index (κ3) is 1.80. The summed E-state index contributed by atoms with van der Waals surface area (Å²) in [6.07, 6.45) is 1.91. The number of nitrogen functional groups attached to an aromatic ring is 2. The lowest BCUT2D eigenvalue weighted by Crippen LogP contribution is -2.04. The summed E-state index contributed by atoms with van der Waals surface area (Å²) in [7, 11) is 1.85. The van der Waals surface area contributed by atoms with E-state index >= 15 is 0 Å². The minimum absolute atomic E-state index is 0.0395. The summed E-state index contributed by atoms with van der Waals surface area (Å²) in [5.74, 6) is 0.119. The van der Waals surface area contributed by atoms with Gasteiger partial charge in [0.25, 0.3) is 0 Å². The first-order chi connectivity index (χ1) is 9.58. The smallest absolute Gasteiger partial charge is 0.222 e. The Hall–Kier alpha value is -3.14. The van der Waals surface area contributed by atoms with Gasteiger partial charge in [-0.25, -0.2) is 4.98 Å². The van der Waals surface area contributed by atoms with E-state index in [0.717, 1.165) is 16.5 Å². The molecule has 0 bridgehead atoms. The summed E-state index contributed by atoms with van der Waals surface area (Å²) in [5, 5.41) is 14.5. The Kier molecular flexibility index (Phi) is 2.51. The van der Waals surface area contributed by atoms with Crippen LogP contribution in [0.2, 0.25) is 0 Å². The third-order valence-electron chi connectivity index (χ3n) is 2.96. The molecule has 0 fully saturated rings. The van der Waals surface area contributed by atoms with Crippen molar-refractivity contribution in [2.75, 3.05) is 11.5 Å². The van der Waals surface area contributed by atoms with Gasteiger partial charge in [0.05, 0.1) is 11.2 Å². The van der Waals surface area contributed by atoms with Gasteiger partial charge >= 0.3 is 0 Å². The maximum absolute atomic E-state index is 9.20. The summed E-state index contributed by atoms with van der Waals surface area (Å²) in [6.45, 7) is 0. The van der Waals surface area contributed by atoms with Gasteiger partial charge in [0.15, 0.2) is 0 Å².